The van der Waals surface area contributed by atoms with Crippen LogP contribution in [-0.4, -0.2) is 19.0 Å². The Kier molecular flexibility index (Phi) is 4.71. The SMILES string of the molecule is COC(=O)c1c(NC(=O)c2ccc(C)c(C)c2)sc2c1CCCC2. The third-order valence-corrected chi connectivity index (χ3v) is 5.76. The molecule has 0 fully saturated rings. The number of hydrogen-bond acceptors (Lipinski definition) is 4. The summed E-state index contributed by atoms with van der Waals surface area (Å²) in [4.78, 5) is 26.0. The molecule has 0 spiro atoms. The molecule has 0 atom stereocenters. The molecular formula is C19H21NO3S. The lowest BCUT2D eigenvalue weighted by Gasteiger charge is -2.12. The number of carbonyl (C=O) groups is 2. The maximum absolute atomic E-state index is 12.6. The minimum absolute atomic E-state index is 0.193. The van der Waals surface area contributed by atoms with Crippen molar-refractivity contribution in [2.45, 2.75) is 39.5 Å². The van der Waals surface area contributed by atoms with Crippen LogP contribution in [0.1, 0.15) is 55.1 Å². The molecule has 0 saturated carbocycles. The highest BCUT2D eigenvalue weighted by Gasteiger charge is 2.27. The number of thiophene rings is 1. The number of rotatable bonds is 3. The maximum Gasteiger partial charge on any atom is 0.341 e. The van der Waals surface area contributed by atoms with E-state index >= 15 is 0 Å². The van der Waals surface area contributed by atoms with E-state index in [1.807, 2.05) is 32.0 Å². The first-order valence-electron chi connectivity index (χ1n) is 8.12. The smallest absolute Gasteiger partial charge is 0.341 e. The van der Waals surface area contributed by atoms with E-state index in [9.17, 15) is 9.59 Å². The van der Waals surface area contributed by atoms with Gasteiger partial charge in [0.25, 0.3) is 5.91 Å². The fraction of sp³-hybridized carbons (Fsp3) is 0.368. The molecule has 0 aliphatic heterocycles. The zero-order chi connectivity index (χ0) is 17.3. The van der Waals surface area contributed by atoms with Gasteiger partial charge in [-0.1, -0.05) is 6.07 Å². The molecule has 1 aliphatic carbocycles. The summed E-state index contributed by atoms with van der Waals surface area (Å²) in [5.41, 5.74) is 4.40. The molecule has 0 unspecified atom stereocenters. The highest BCUT2D eigenvalue weighted by molar-refractivity contribution is 7.17. The van der Waals surface area contributed by atoms with Crippen LogP contribution in [0.4, 0.5) is 5.00 Å². The molecule has 2 aromatic rings. The van der Waals surface area contributed by atoms with E-state index in [0.717, 1.165) is 42.4 Å². The van der Waals surface area contributed by atoms with Crippen LogP contribution in [0.5, 0.6) is 0 Å². The Hall–Kier alpha value is -2.14. The number of aryl methyl sites for hydroxylation is 3. The number of carbonyl (C=O) groups excluding carboxylic acids is 2. The van der Waals surface area contributed by atoms with Gasteiger partial charge in [0.1, 0.15) is 5.00 Å². The van der Waals surface area contributed by atoms with E-state index in [2.05, 4.69) is 5.32 Å². The Labute approximate surface area is 145 Å². The van der Waals surface area contributed by atoms with Gasteiger partial charge in [-0.05, 0) is 68.4 Å². The zero-order valence-corrected chi connectivity index (χ0v) is 15.0. The fourth-order valence-electron chi connectivity index (χ4n) is 3.03. The van der Waals surface area contributed by atoms with E-state index in [1.54, 1.807) is 0 Å². The van der Waals surface area contributed by atoms with Gasteiger partial charge in [0.05, 0.1) is 12.7 Å². The quantitative estimate of drug-likeness (QED) is 0.846. The highest BCUT2D eigenvalue weighted by atomic mass is 32.1. The van der Waals surface area contributed by atoms with Crippen LogP contribution in [0.2, 0.25) is 0 Å². The number of fused-ring (bicyclic) bond motifs is 1. The van der Waals surface area contributed by atoms with Gasteiger partial charge in [-0.3, -0.25) is 4.79 Å². The van der Waals surface area contributed by atoms with Gasteiger partial charge < -0.3 is 10.1 Å². The third kappa shape index (κ3) is 3.08. The minimum atomic E-state index is -0.371. The van der Waals surface area contributed by atoms with Crippen molar-refractivity contribution < 1.29 is 14.3 Å². The standard InChI is InChI=1S/C19H21NO3S/c1-11-8-9-13(10-12(11)2)17(21)20-18-16(19(22)23-3)14-6-4-5-7-15(14)24-18/h8-10H,4-7H2,1-3H3,(H,20,21). The third-order valence-electron chi connectivity index (χ3n) is 4.56. The number of hydrogen-bond donors (Lipinski definition) is 1. The van der Waals surface area contributed by atoms with Crippen molar-refractivity contribution in [1.29, 1.82) is 0 Å². The summed E-state index contributed by atoms with van der Waals surface area (Å²) in [7, 11) is 1.38. The topological polar surface area (TPSA) is 55.4 Å². The molecule has 1 N–H and O–H groups in total. The number of amides is 1. The molecule has 1 aromatic carbocycles. The Bertz CT molecular complexity index is 807. The van der Waals surface area contributed by atoms with Gasteiger partial charge in [-0.15, -0.1) is 11.3 Å². The first kappa shape index (κ1) is 16.7. The molecule has 5 heteroatoms. The average molecular weight is 343 g/mol. The van der Waals surface area contributed by atoms with Crippen molar-refractivity contribution >= 4 is 28.2 Å². The summed E-state index contributed by atoms with van der Waals surface area (Å²) in [6, 6.07) is 5.61. The maximum atomic E-state index is 12.6. The average Bonchev–Trinajstić information content (AvgIpc) is 2.94. The lowest BCUT2D eigenvalue weighted by atomic mass is 9.95. The summed E-state index contributed by atoms with van der Waals surface area (Å²) >= 11 is 1.50. The van der Waals surface area contributed by atoms with Crippen molar-refractivity contribution in [2.24, 2.45) is 0 Å². The van der Waals surface area contributed by atoms with Crippen molar-refractivity contribution in [3.63, 3.8) is 0 Å². The van der Waals surface area contributed by atoms with Gasteiger partial charge >= 0.3 is 5.97 Å². The molecule has 1 amide bonds. The molecule has 24 heavy (non-hydrogen) atoms. The summed E-state index contributed by atoms with van der Waals surface area (Å²) in [6.07, 6.45) is 4.02. The number of nitrogens with one attached hydrogen (secondary N) is 1. The monoisotopic (exact) mass is 343 g/mol. The van der Waals surface area contributed by atoms with Gasteiger partial charge in [-0.2, -0.15) is 0 Å². The summed E-state index contributed by atoms with van der Waals surface area (Å²) in [5.74, 6) is -0.563. The Morgan fingerprint density at radius 1 is 1.12 bits per heavy atom. The second kappa shape index (κ2) is 6.77. The van der Waals surface area contributed by atoms with Gasteiger partial charge in [0.2, 0.25) is 0 Å². The van der Waals surface area contributed by atoms with E-state index < -0.39 is 0 Å². The molecule has 0 bridgehead atoms. The fourth-order valence-corrected chi connectivity index (χ4v) is 4.30. The first-order chi connectivity index (χ1) is 11.5. The van der Waals surface area contributed by atoms with E-state index in [1.165, 1.54) is 23.3 Å². The van der Waals surface area contributed by atoms with Crippen molar-refractivity contribution in [1.82, 2.24) is 0 Å². The van der Waals surface area contributed by atoms with E-state index in [4.69, 9.17) is 4.74 Å². The zero-order valence-electron chi connectivity index (χ0n) is 14.2. The molecule has 0 radical (unpaired) electrons. The Balaban J connectivity index is 1.94. The number of methoxy groups -OCH3 is 1. The molecule has 0 saturated heterocycles. The molecule has 3 rings (SSSR count). The van der Waals surface area contributed by atoms with Crippen molar-refractivity contribution in [2.75, 3.05) is 12.4 Å². The Morgan fingerprint density at radius 2 is 1.88 bits per heavy atom. The van der Waals surface area contributed by atoms with Gasteiger partial charge in [-0.25, -0.2) is 4.79 Å². The molecule has 126 valence electrons. The summed E-state index contributed by atoms with van der Waals surface area (Å²) in [5, 5.41) is 3.53. The van der Waals surface area contributed by atoms with Crippen LogP contribution in [0.25, 0.3) is 0 Å². The molecule has 4 nitrogen and oxygen atoms in total. The second-order valence-corrected chi connectivity index (χ2v) is 7.26. The van der Waals surface area contributed by atoms with Crippen LogP contribution in [0.3, 0.4) is 0 Å². The molecule has 1 heterocycles. The van der Waals surface area contributed by atoms with Gasteiger partial charge in [0.15, 0.2) is 0 Å². The Morgan fingerprint density at radius 3 is 2.58 bits per heavy atom. The van der Waals surface area contributed by atoms with Gasteiger partial charge in [0, 0.05) is 10.4 Å². The predicted molar refractivity (Wildman–Crippen MR) is 96.2 cm³/mol. The van der Waals surface area contributed by atoms with Crippen LogP contribution >= 0.6 is 11.3 Å². The van der Waals surface area contributed by atoms with Crippen LogP contribution in [-0.2, 0) is 17.6 Å². The van der Waals surface area contributed by atoms with Crippen LogP contribution in [0, 0.1) is 13.8 Å². The van der Waals surface area contributed by atoms with Crippen molar-refractivity contribution in [3.05, 3.63) is 50.9 Å². The lowest BCUT2D eigenvalue weighted by Crippen LogP contribution is -2.15. The van der Waals surface area contributed by atoms with Crippen LogP contribution in [0.15, 0.2) is 18.2 Å². The van der Waals surface area contributed by atoms with Crippen molar-refractivity contribution in [3.8, 4) is 0 Å². The number of benzene rings is 1. The lowest BCUT2D eigenvalue weighted by molar-refractivity contribution is 0.0601. The highest BCUT2D eigenvalue weighted by Crippen LogP contribution is 2.38. The second-order valence-electron chi connectivity index (χ2n) is 6.16. The number of ether oxygens (including phenoxy) is 1. The summed E-state index contributed by atoms with van der Waals surface area (Å²) in [6.45, 7) is 4.00. The largest absolute Gasteiger partial charge is 0.465 e. The minimum Gasteiger partial charge on any atom is -0.465 e. The number of anilines is 1. The van der Waals surface area contributed by atoms with E-state index in [0.29, 0.717) is 16.1 Å². The summed E-state index contributed by atoms with van der Waals surface area (Å²) < 4.78 is 4.94. The number of esters is 1. The normalized spacial score (nSPS) is 13.3. The van der Waals surface area contributed by atoms with E-state index in [-0.39, 0.29) is 11.9 Å². The molecule has 1 aromatic heterocycles. The first-order valence-corrected chi connectivity index (χ1v) is 8.94. The van der Waals surface area contributed by atoms with Crippen LogP contribution < -0.4 is 5.32 Å². The molecular weight excluding hydrogens is 322 g/mol. The predicted octanol–water partition coefficient (Wildman–Crippen LogP) is 4.28. The molecule has 1 aliphatic rings.